The van der Waals surface area contributed by atoms with Crippen molar-refractivity contribution in [1.82, 2.24) is 14.2 Å². The summed E-state index contributed by atoms with van der Waals surface area (Å²) < 4.78 is 11.9. The molecule has 0 spiro atoms. The molecule has 0 bridgehead atoms. The van der Waals surface area contributed by atoms with Crippen molar-refractivity contribution in [2.75, 3.05) is 5.32 Å². The van der Waals surface area contributed by atoms with Crippen LogP contribution in [-0.4, -0.2) is 31.8 Å². The predicted octanol–water partition coefficient (Wildman–Crippen LogP) is 5.30. The van der Waals surface area contributed by atoms with Crippen LogP contribution >= 0.6 is 27.5 Å². The van der Waals surface area contributed by atoms with Gasteiger partial charge in [0, 0.05) is 16.9 Å². The van der Waals surface area contributed by atoms with Crippen LogP contribution in [-0.2, 0) is 9.53 Å². The summed E-state index contributed by atoms with van der Waals surface area (Å²) in [6.45, 7) is 7.52. The molecule has 0 unspecified atom stereocenters. The maximum atomic E-state index is 12.4. The van der Waals surface area contributed by atoms with E-state index < -0.39 is 11.7 Å². The van der Waals surface area contributed by atoms with Crippen molar-refractivity contribution in [3.63, 3.8) is 0 Å². The van der Waals surface area contributed by atoms with Gasteiger partial charge < -0.3 is 10.1 Å². The number of fused-ring (bicyclic) bond motifs is 1. The van der Waals surface area contributed by atoms with E-state index in [0.717, 1.165) is 27.5 Å². The van der Waals surface area contributed by atoms with E-state index in [1.165, 1.54) is 16.2 Å². The molecule has 9 heteroatoms. The van der Waals surface area contributed by atoms with E-state index in [1.54, 1.807) is 6.20 Å². The van der Waals surface area contributed by atoms with Crippen LogP contribution in [0.2, 0.25) is 0 Å². The van der Waals surface area contributed by atoms with Crippen molar-refractivity contribution in [2.24, 2.45) is 11.8 Å². The highest BCUT2D eigenvalue weighted by Crippen LogP contribution is 2.41. The summed E-state index contributed by atoms with van der Waals surface area (Å²) in [4.78, 5) is 24.6. The van der Waals surface area contributed by atoms with Crippen LogP contribution < -0.4 is 5.32 Å². The molecule has 1 aliphatic carbocycles. The average Bonchev–Trinajstić information content (AvgIpc) is 3.06. The number of benzene rings is 1. The van der Waals surface area contributed by atoms with Gasteiger partial charge in [-0.3, -0.25) is 4.79 Å². The minimum Gasteiger partial charge on any atom is -0.442 e. The number of amides is 1. The molecule has 152 valence electrons. The molecular weight excluding hydrogens is 456 g/mol. The van der Waals surface area contributed by atoms with Crippen LogP contribution in [0.5, 0.6) is 0 Å². The quantitative estimate of drug-likeness (QED) is 0.553. The Bertz CT molecular complexity index is 1110. The molecule has 1 amide bonds. The molecular formula is C20H21BrN4O3S. The monoisotopic (exact) mass is 476 g/mol. The number of rotatable bonds is 3. The van der Waals surface area contributed by atoms with Gasteiger partial charge in [0.1, 0.15) is 16.3 Å². The number of ether oxygens (including phenoxy) is 1. The molecule has 2 heterocycles. The molecule has 1 fully saturated rings. The zero-order valence-corrected chi connectivity index (χ0v) is 18.9. The van der Waals surface area contributed by atoms with Gasteiger partial charge in [-0.2, -0.15) is 14.2 Å². The number of nitrogens with zero attached hydrogens (tertiary/aromatic N) is 3. The van der Waals surface area contributed by atoms with Gasteiger partial charge in [-0.15, -0.1) is 0 Å². The molecule has 7 nitrogen and oxygen atoms in total. The normalized spacial score (nSPS) is 18.7. The fourth-order valence-electron chi connectivity index (χ4n) is 3.06. The molecule has 1 aromatic carbocycles. The number of halogens is 1. The highest BCUT2D eigenvalue weighted by atomic mass is 79.9. The Morgan fingerprint density at radius 2 is 2.07 bits per heavy atom. The van der Waals surface area contributed by atoms with Crippen molar-refractivity contribution < 1.29 is 14.3 Å². The van der Waals surface area contributed by atoms with Gasteiger partial charge in [0.05, 0.1) is 16.2 Å². The van der Waals surface area contributed by atoms with Crippen LogP contribution in [0.1, 0.15) is 34.1 Å². The van der Waals surface area contributed by atoms with Crippen molar-refractivity contribution in [3.05, 3.63) is 28.9 Å². The van der Waals surface area contributed by atoms with Crippen molar-refractivity contribution in [3.8, 4) is 11.3 Å². The number of anilines is 1. The number of aromatic nitrogens is 3. The molecule has 1 N–H and O–H groups in total. The lowest BCUT2D eigenvalue weighted by molar-refractivity contribution is -0.117. The van der Waals surface area contributed by atoms with Crippen molar-refractivity contribution >= 4 is 55.4 Å². The summed E-state index contributed by atoms with van der Waals surface area (Å²) in [6, 6.07) is 5.61. The third kappa shape index (κ3) is 4.06. The molecule has 1 saturated carbocycles. The van der Waals surface area contributed by atoms with Crippen LogP contribution in [0.15, 0.2) is 28.9 Å². The van der Waals surface area contributed by atoms with E-state index in [0.29, 0.717) is 16.4 Å². The summed E-state index contributed by atoms with van der Waals surface area (Å²) >= 11 is 4.81. The van der Waals surface area contributed by atoms with Gasteiger partial charge in [-0.1, -0.05) is 13.0 Å². The lowest BCUT2D eigenvalue weighted by Crippen LogP contribution is -2.27. The smallest absolute Gasteiger partial charge is 0.435 e. The third-order valence-corrected chi connectivity index (χ3v) is 6.52. The Balaban J connectivity index is 1.59. The Kier molecular flexibility index (Phi) is 4.98. The molecule has 29 heavy (non-hydrogen) atoms. The van der Waals surface area contributed by atoms with Crippen molar-refractivity contribution in [1.29, 1.82) is 0 Å². The molecule has 3 aromatic rings. The predicted molar refractivity (Wildman–Crippen MR) is 116 cm³/mol. The summed E-state index contributed by atoms with van der Waals surface area (Å²) in [5.41, 5.74) is 1.66. The third-order valence-electron chi connectivity index (χ3n) is 4.73. The van der Waals surface area contributed by atoms with Gasteiger partial charge >= 0.3 is 6.09 Å². The first-order valence-electron chi connectivity index (χ1n) is 9.31. The molecule has 4 rings (SSSR count). The van der Waals surface area contributed by atoms with Crippen LogP contribution in [0.25, 0.3) is 22.2 Å². The Hall–Kier alpha value is -2.26. The lowest BCUT2D eigenvalue weighted by atomic mass is 10.1. The first kappa shape index (κ1) is 20.0. The summed E-state index contributed by atoms with van der Waals surface area (Å²) in [5.74, 6) is 0.593. The zero-order valence-electron chi connectivity index (χ0n) is 16.5. The Morgan fingerprint density at radius 3 is 2.72 bits per heavy atom. The van der Waals surface area contributed by atoms with E-state index in [9.17, 15) is 9.59 Å². The second-order valence-corrected chi connectivity index (χ2v) is 9.86. The number of nitrogens with one attached hydrogen (secondary N) is 1. The highest BCUT2D eigenvalue weighted by molar-refractivity contribution is 9.10. The van der Waals surface area contributed by atoms with Gasteiger partial charge in [0.15, 0.2) is 0 Å². The first-order valence-corrected chi connectivity index (χ1v) is 10.9. The Labute approximate surface area is 180 Å². The summed E-state index contributed by atoms with van der Waals surface area (Å²) in [7, 11) is 0. The SMILES string of the molecule is C[C@@H]1C[C@H]1C(=O)Nc1snc(-c2ccc3c(cnn3C(=O)OC(C)(C)C)c2)c1Br. The second kappa shape index (κ2) is 7.21. The molecule has 2 atom stereocenters. The minimum atomic E-state index is -0.597. The van der Waals surface area contributed by atoms with Gasteiger partial charge in [-0.05, 0) is 72.7 Å². The molecule has 1 aliphatic rings. The number of carbonyl (C=O) groups excluding carboxylic acids is 2. The number of carbonyl (C=O) groups is 2. The molecule has 2 aromatic heterocycles. The molecule has 0 saturated heterocycles. The van der Waals surface area contributed by atoms with E-state index in [1.807, 2.05) is 39.0 Å². The van der Waals surface area contributed by atoms with E-state index >= 15 is 0 Å². The second-order valence-electron chi connectivity index (χ2n) is 8.29. The summed E-state index contributed by atoms with van der Waals surface area (Å²) in [5, 5.41) is 8.63. The topological polar surface area (TPSA) is 86.1 Å². The van der Waals surface area contributed by atoms with Crippen LogP contribution in [0.4, 0.5) is 9.80 Å². The van der Waals surface area contributed by atoms with Gasteiger partial charge in [0.2, 0.25) is 5.91 Å². The molecule has 0 aliphatic heterocycles. The van der Waals surface area contributed by atoms with E-state index in [-0.39, 0.29) is 11.8 Å². The zero-order chi connectivity index (χ0) is 20.9. The minimum absolute atomic E-state index is 0.0440. The van der Waals surface area contributed by atoms with E-state index in [2.05, 4.69) is 37.6 Å². The number of hydrogen-bond donors (Lipinski definition) is 1. The lowest BCUT2D eigenvalue weighted by Gasteiger charge is -2.19. The maximum absolute atomic E-state index is 12.4. The van der Waals surface area contributed by atoms with Crippen molar-refractivity contribution in [2.45, 2.75) is 39.7 Å². The first-order chi connectivity index (χ1) is 13.6. The molecule has 0 radical (unpaired) electrons. The van der Waals surface area contributed by atoms with Gasteiger partial charge in [-0.25, -0.2) is 4.79 Å². The highest BCUT2D eigenvalue weighted by Gasteiger charge is 2.39. The standard InChI is InChI=1S/C20H21BrN4O3S/c1-10-7-13(10)17(26)23-18-15(21)16(24-29-18)11-5-6-14-12(8-11)9-22-25(14)19(27)28-20(2,3)4/h5-6,8-10,13H,7H2,1-4H3,(H,23,26)/t10-,13-/m1/s1. The number of hydrogen-bond acceptors (Lipinski definition) is 6. The average molecular weight is 477 g/mol. The Morgan fingerprint density at radius 1 is 1.34 bits per heavy atom. The van der Waals surface area contributed by atoms with Crippen LogP contribution in [0, 0.1) is 11.8 Å². The fraction of sp³-hybridized carbons (Fsp3) is 0.400. The maximum Gasteiger partial charge on any atom is 0.435 e. The fourth-order valence-corrected chi connectivity index (χ4v) is 4.51. The van der Waals surface area contributed by atoms with Gasteiger partial charge in [0.25, 0.3) is 0 Å². The largest absolute Gasteiger partial charge is 0.442 e. The van der Waals surface area contributed by atoms with E-state index in [4.69, 9.17) is 4.74 Å². The summed E-state index contributed by atoms with van der Waals surface area (Å²) in [6.07, 6.45) is 2.04. The van der Waals surface area contributed by atoms with Crippen LogP contribution in [0.3, 0.4) is 0 Å².